The number of nitro benzene ring substituents is 1. The average molecular weight is 371 g/mol. The molecular weight excluding hydrogens is 350 g/mol. The fourth-order valence-corrected chi connectivity index (χ4v) is 4.27. The number of nitrogens with zero attached hydrogens (tertiary/aromatic N) is 2. The Morgan fingerprint density at radius 1 is 1.27 bits per heavy atom. The van der Waals surface area contributed by atoms with Gasteiger partial charge in [-0.3, -0.25) is 14.9 Å². The van der Waals surface area contributed by atoms with Gasteiger partial charge < -0.3 is 5.32 Å². The van der Waals surface area contributed by atoms with Crippen LogP contribution < -0.4 is 5.32 Å². The highest BCUT2D eigenvalue weighted by atomic mass is 32.2. The van der Waals surface area contributed by atoms with Gasteiger partial charge in [-0.1, -0.05) is 29.8 Å². The summed E-state index contributed by atoms with van der Waals surface area (Å²) in [6, 6.07) is 12.2. The maximum Gasteiger partial charge on any atom is 0.284 e. The lowest BCUT2D eigenvalue weighted by molar-refractivity contribution is -0.387. The SMILES string of the molecule is Cc1ccc(NC(=O)[C@H]2CCCN2Sc2ccccc2[N+](=O)[O-])c(C)c1. The van der Waals surface area contributed by atoms with Crippen LogP contribution in [0.25, 0.3) is 0 Å². The number of carbonyl (C=O) groups is 1. The summed E-state index contributed by atoms with van der Waals surface area (Å²) in [6.45, 7) is 4.71. The molecule has 136 valence electrons. The summed E-state index contributed by atoms with van der Waals surface area (Å²) in [4.78, 5) is 24.2. The number of para-hydroxylation sites is 1. The largest absolute Gasteiger partial charge is 0.324 e. The molecule has 2 aromatic carbocycles. The van der Waals surface area contributed by atoms with Gasteiger partial charge in [0.15, 0.2) is 0 Å². The van der Waals surface area contributed by atoms with Crippen LogP contribution >= 0.6 is 11.9 Å². The van der Waals surface area contributed by atoms with Gasteiger partial charge in [-0.05, 0) is 56.3 Å². The van der Waals surface area contributed by atoms with Crippen LogP contribution in [0.4, 0.5) is 11.4 Å². The van der Waals surface area contributed by atoms with Gasteiger partial charge in [-0.25, -0.2) is 4.31 Å². The van der Waals surface area contributed by atoms with Crippen molar-refractivity contribution >= 4 is 29.2 Å². The maximum atomic E-state index is 12.8. The van der Waals surface area contributed by atoms with Gasteiger partial charge in [0.2, 0.25) is 5.91 Å². The molecule has 0 aliphatic carbocycles. The molecule has 0 bridgehead atoms. The van der Waals surface area contributed by atoms with Crippen molar-refractivity contribution in [3.8, 4) is 0 Å². The summed E-state index contributed by atoms with van der Waals surface area (Å²) < 4.78 is 1.95. The standard InChI is InChI=1S/C19H21N3O3S/c1-13-9-10-15(14(2)12-13)20-19(23)17-7-5-11-21(17)26-18-8-4-3-6-16(18)22(24)25/h3-4,6,8-10,12,17H,5,7,11H2,1-2H3,(H,20,23)/t17-/m1/s1. The molecule has 1 aliphatic rings. The molecule has 1 amide bonds. The van der Waals surface area contributed by atoms with Crippen LogP contribution in [0.2, 0.25) is 0 Å². The molecule has 2 aromatic rings. The molecule has 0 spiro atoms. The van der Waals surface area contributed by atoms with Crippen molar-refractivity contribution in [2.45, 2.75) is 37.6 Å². The molecule has 1 saturated heterocycles. The van der Waals surface area contributed by atoms with Crippen LogP contribution in [0.5, 0.6) is 0 Å². The minimum atomic E-state index is -0.386. The number of hydrogen-bond acceptors (Lipinski definition) is 5. The molecular formula is C19H21N3O3S. The molecule has 3 rings (SSSR count). The Bertz CT molecular complexity index is 841. The van der Waals surface area contributed by atoms with Gasteiger partial charge in [0.05, 0.1) is 11.0 Å². The van der Waals surface area contributed by atoms with E-state index in [1.165, 1.54) is 18.0 Å². The van der Waals surface area contributed by atoms with E-state index in [1.54, 1.807) is 18.2 Å². The molecule has 1 aliphatic heterocycles. The van der Waals surface area contributed by atoms with Crippen molar-refractivity contribution in [1.29, 1.82) is 0 Å². The third-order valence-electron chi connectivity index (χ3n) is 4.42. The van der Waals surface area contributed by atoms with E-state index in [2.05, 4.69) is 5.32 Å². The highest BCUT2D eigenvalue weighted by molar-refractivity contribution is 7.97. The topological polar surface area (TPSA) is 75.5 Å². The Labute approximate surface area is 156 Å². The number of aryl methyl sites for hydroxylation is 2. The van der Waals surface area contributed by atoms with Crippen molar-refractivity contribution in [3.05, 3.63) is 63.7 Å². The van der Waals surface area contributed by atoms with E-state index in [-0.39, 0.29) is 22.6 Å². The molecule has 1 fully saturated rings. The van der Waals surface area contributed by atoms with Crippen LogP contribution in [0, 0.1) is 24.0 Å². The predicted octanol–water partition coefficient (Wildman–Crippen LogP) is 4.32. The lowest BCUT2D eigenvalue weighted by atomic mass is 10.1. The van der Waals surface area contributed by atoms with Crippen molar-refractivity contribution in [2.75, 3.05) is 11.9 Å². The van der Waals surface area contributed by atoms with Gasteiger partial charge >= 0.3 is 0 Å². The third kappa shape index (κ3) is 4.05. The van der Waals surface area contributed by atoms with Crippen LogP contribution in [0.3, 0.4) is 0 Å². The van der Waals surface area contributed by atoms with Gasteiger partial charge in [0, 0.05) is 18.3 Å². The van der Waals surface area contributed by atoms with Gasteiger partial charge in [0.25, 0.3) is 5.69 Å². The predicted molar refractivity (Wildman–Crippen MR) is 103 cm³/mol. The van der Waals surface area contributed by atoms with Gasteiger partial charge in [-0.2, -0.15) is 0 Å². The number of nitrogens with one attached hydrogen (secondary N) is 1. The Morgan fingerprint density at radius 2 is 2.04 bits per heavy atom. The molecule has 0 saturated carbocycles. The quantitative estimate of drug-likeness (QED) is 0.481. The first-order valence-corrected chi connectivity index (χ1v) is 9.29. The molecule has 1 heterocycles. The second kappa shape index (κ2) is 7.88. The number of benzene rings is 2. The summed E-state index contributed by atoms with van der Waals surface area (Å²) in [5.74, 6) is -0.0689. The highest BCUT2D eigenvalue weighted by Gasteiger charge is 2.33. The summed E-state index contributed by atoms with van der Waals surface area (Å²) in [6.07, 6.45) is 1.63. The molecule has 1 N–H and O–H groups in total. The number of anilines is 1. The molecule has 7 heteroatoms. The zero-order valence-corrected chi connectivity index (χ0v) is 15.6. The Hall–Kier alpha value is -2.38. The summed E-state index contributed by atoms with van der Waals surface area (Å²) in [7, 11) is 0. The van der Waals surface area contributed by atoms with E-state index in [0.29, 0.717) is 4.90 Å². The van der Waals surface area contributed by atoms with Crippen molar-refractivity contribution in [3.63, 3.8) is 0 Å². The smallest absolute Gasteiger partial charge is 0.284 e. The van der Waals surface area contributed by atoms with E-state index >= 15 is 0 Å². The number of rotatable bonds is 5. The number of hydrogen-bond donors (Lipinski definition) is 1. The molecule has 0 aromatic heterocycles. The third-order valence-corrected chi connectivity index (χ3v) is 5.64. The minimum absolute atomic E-state index is 0.0675. The van der Waals surface area contributed by atoms with Gasteiger partial charge in [-0.15, -0.1) is 0 Å². The first-order chi connectivity index (χ1) is 12.5. The summed E-state index contributed by atoms with van der Waals surface area (Å²) in [5.41, 5.74) is 3.05. The summed E-state index contributed by atoms with van der Waals surface area (Å²) >= 11 is 1.29. The van der Waals surface area contributed by atoms with Crippen molar-refractivity contribution < 1.29 is 9.72 Å². The first kappa shape index (κ1) is 18.4. The second-order valence-corrected chi connectivity index (χ2v) is 7.51. The lowest BCUT2D eigenvalue weighted by Gasteiger charge is -2.22. The minimum Gasteiger partial charge on any atom is -0.324 e. The second-order valence-electron chi connectivity index (χ2n) is 6.42. The van der Waals surface area contributed by atoms with Crippen molar-refractivity contribution in [1.82, 2.24) is 4.31 Å². The number of amides is 1. The Kier molecular flexibility index (Phi) is 5.58. The molecule has 0 radical (unpaired) electrons. The monoisotopic (exact) mass is 371 g/mol. The maximum absolute atomic E-state index is 12.8. The highest BCUT2D eigenvalue weighted by Crippen LogP contribution is 2.36. The molecule has 0 unspecified atom stereocenters. The van der Waals surface area contributed by atoms with Crippen LogP contribution in [0.15, 0.2) is 47.4 Å². The summed E-state index contributed by atoms with van der Waals surface area (Å²) in [5, 5.41) is 14.2. The van der Waals surface area contributed by atoms with E-state index in [9.17, 15) is 14.9 Å². The van der Waals surface area contributed by atoms with Gasteiger partial charge in [0.1, 0.15) is 4.90 Å². The van der Waals surface area contributed by atoms with E-state index in [4.69, 9.17) is 0 Å². The average Bonchev–Trinajstić information content (AvgIpc) is 3.06. The van der Waals surface area contributed by atoms with Crippen LogP contribution in [-0.2, 0) is 4.79 Å². The van der Waals surface area contributed by atoms with Crippen molar-refractivity contribution in [2.24, 2.45) is 0 Å². The fraction of sp³-hybridized carbons (Fsp3) is 0.316. The lowest BCUT2D eigenvalue weighted by Crippen LogP contribution is -2.35. The fourth-order valence-electron chi connectivity index (χ4n) is 3.09. The number of nitro groups is 1. The first-order valence-electron chi connectivity index (χ1n) is 8.52. The molecule has 26 heavy (non-hydrogen) atoms. The van der Waals surface area contributed by atoms with E-state index in [0.717, 1.165) is 36.2 Å². The molecule has 6 nitrogen and oxygen atoms in total. The zero-order valence-electron chi connectivity index (χ0n) is 14.8. The van der Waals surface area contributed by atoms with E-state index < -0.39 is 0 Å². The van der Waals surface area contributed by atoms with E-state index in [1.807, 2.05) is 36.4 Å². The Balaban J connectivity index is 1.74. The number of carbonyl (C=O) groups excluding carboxylic acids is 1. The molecule has 1 atom stereocenters. The Morgan fingerprint density at radius 3 is 2.77 bits per heavy atom. The normalized spacial score (nSPS) is 17.2. The van der Waals surface area contributed by atoms with Crippen LogP contribution in [0.1, 0.15) is 24.0 Å². The zero-order chi connectivity index (χ0) is 18.7. The van der Waals surface area contributed by atoms with Crippen LogP contribution in [-0.4, -0.2) is 27.7 Å².